The maximum absolute atomic E-state index is 11.1. The SMILES string of the molecule is NCC1CCN(c2ccc(C(=O)O)cc2[N+](=O)[O-])C1. The molecule has 19 heavy (non-hydrogen) atoms. The van der Waals surface area contributed by atoms with E-state index in [4.69, 9.17) is 10.8 Å². The lowest BCUT2D eigenvalue weighted by molar-refractivity contribution is -0.384. The number of nitro benzene ring substituents is 1. The molecule has 2 rings (SSSR count). The fourth-order valence-electron chi connectivity index (χ4n) is 2.31. The third kappa shape index (κ3) is 2.65. The van der Waals surface area contributed by atoms with Gasteiger partial charge in [-0.3, -0.25) is 10.1 Å². The molecule has 7 heteroatoms. The molecule has 3 N–H and O–H groups in total. The number of hydrogen-bond donors (Lipinski definition) is 2. The molecule has 1 aliphatic heterocycles. The van der Waals surface area contributed by atoms with Crippen molar-refractivity contribution in [3.8, 4) is 0 Å². The lowest BCUT2D eigenvalue weighted by Gasteiger charge is -2.18. The van der Waals surface area contributed by atoms with Gasteiger partial charge in [0.2, 0.25) is 0 Å². The first-order valence-corrected chi connectivity index (χ1v) is 5.99. The molecule has 0 aromatic heterocycles. The summed E-state index contributed by atoms with van der Waals surface area (Å²) in [5.41, 5.74) is 5.81. The van der Waals surface area contributed by atoms with Gasteiger partial charge in [0.25, 0.3) is 5.69 Å². The van der Waals surface area contributed by atoms with Gasteiger partial charge >= 0.3 is 5.97 Å². The van der Waals surface area contributed by atoms with E-state index in [-0.39, 0.29) is 11.3 Å². The van der Waals surface area contributed by atoms with Gasteiger partial charge in [-0.25, -0.2) is 4.79 Å². The van der Waals surface area contributed by atoms with Crippen molar-refractivity contribution in [1.82, 2.24) is 0 Å². The Labute approximate surface area is 109 Å². The van der Waals surface area contributed by atoms with Crippen molar-refractivity contribution in [2.24, 2.45) is 11.7 Å². The first kappa shape index (κ1) is 13.3. The zero-order chi connectivity index (χ0) is 14.0. The molecular weight excluding hydrogens is 250 g/mol. The van der Waals surface area contributed by atoms with Crippen LogP contribution in [0.15, 0.2) is 18.2 Å². The summed E-state index contributed by atoms with van der Waals surface area (Å²) in [7, 11) is 0. The van der Waals surface area contributed by atoms with Gasteiger partial charge in [-0.2, -0.15) is 0 Å². The first-order valence-electron chi connectivity index (χ1n) is 5.99. The Morgan fingerprint density at radius 1 is 1.58 bits per heavy atom. The predicted molar refractivity (Wildman–Crippen MR) is 69.4 cm³/mol. The molecule has 1 atom stereocenters. The van der Waals surface area contributed by atoms with Gasteiger partial charge < -0.3 is 15.7 Å². The van der Waals surface area contributed by atoms with Crippen molar-refractivity contribution in [3.63, 3.8) is 0 Å². The number of rotatable bonds is 4. The molecule has 102 valence electrons. The van der Waals surface area contributed by atoms with Crippen LogP contribution in [0.4, 0.5) is 11.4 Å². The minimum absolute atomic E-state index is 0.0787. The third-order valence-corrected chi connectivity index (χ3v) is 3.38. The van der Waals surface area contributed by atoms with Crippen molar-refractivity contribution in [2.75, 3.05) is 24.5 Å². The molecule has 0 amide bonds. The maximum atomic E-state index is 11.1. The van der Waals surface area contributed by atoms with E-state index in [9.17, 15) is 14.9 Å². The monoisotopic (exact) mass is 265 g/mol. The Morgan fingerprint density at radius 2 is 2.32 bits per heavy atom. The second kappa shape index (κ2) is 5.23. The van der Waals surface area contributed by atoms with Gasteiger partial charge in [-0.1, -0.05) is 0 Å². The van der Waals surface area contributed by atoms with Crippen LogP contribution >= 0.6 is 0 Å². The molecule has 1 aliphatic rings. The van der Waals surface area contributed by atoms with Crippen LogP contribution in [0, 0.1) is 16.0 Å². The van der Waals surface area contributed by atoms with Gasteiger partial charge in [-0.05, 0) is 31.0 Å². The van der Waals surface area contributed by atoms with Crippen LogP contribution in [0.1, 0.15) is 16.8 Å². The predicted octanol–water partition coefficient (Wildman–Crippen LogP) is 1.08. The quantitative estimate of drug-likeness (QED) is 0.622. The van der Waals surface area contributed by atoms with Crippen molar-refractivity contribution >= 4 is 17.3 Å². The zero-order valence-corrected chi connectivity index (χ0v) is 10.3. The molecular formula is C12H15N3O4. The van der Waals surface area contributed by atoms with Crippen LogP contribution in [-0.4, -0.2) is 35.6 Å². The lowest BCUT2D eigenvalue weighted by Crippen LogP contribution is -2.23. The minimum Gasteiger partial charge on any atom is -0.478 e. The van der Waals surface area contributed by atoms with Gasteiger partial charge in [0.15, 0.2) is 0 Å². The van der Waals surface area contributed by atoms with E-state index < -0.39 is 10.9 Å². The average Bonchev–Trinajstić information content (AvgIpc) is 2.86. The summed E-state index contributed by atoms with van der Waals surface area (Å²) < 4.78 is 0. The fraction of sp³-hybridized carbons (Fsp3) is 0.417. The Balaban J connectivity index is 2.35. The summed E-state index contributed by atoms with van der Waals surface area (Å²) in [6, 6.07) is 3.99. The maximum Gasteiger partial charge on any atom is 0.335 e. The Bertz CT molecular complexity index is 518. The van der Waals surface area contributed by atoms with E-state index in [0.717, 1.165) is 12.5 Å². The van der Waals surface area contributed by atoms with Crippen molar-refractivity contribution in [1.29, 1.82) is 0 Å². The highest BCUT2D eigenvalue weighted by molar-refractivity contribution is 5.89. The number of carbonyl (C=O) groups is 1. The zero-order valence-electron chi connectivity index (χ0n) is 10.3. The number of nitrogens with two attached hydrogens (primary N) is 1. The highest BCUT2D eigenvalue weighted by Crippen LogP contribution is 2.32. The normalized spacial score (nSPS) is 18.6. The largest absolute Gasteiger partial charge is 0.478 e. The van der Waals surface area contributed by atoms with Crippen LogP contribution in [0.5, 0.6) is 0 Å². The Morgan fingerprint density at radius 3 is 2.84 bits per heavy atom. The van der Waals surface area contributed by atoms with Crippen LogP contribution in [0.25, 0.3) is 0 Å². The second-order valence-corrected chi connectivity index (χ2v) is 4.60. The van der Waals surface area contributed by atoms with Gasteiger partial charge in [0.1, 0.15) is 5.69 Å². The number of nitrogens with zero attached hydrogens (tertiary/aromatic N) is 2. The molecule has 0 spiro atoms. The molecule has 1 heterocycles. The molecule has 1 aromatic rings. The summed E-state index contributed by atoms with van der Waals surface area (Å²) in [6.45, 7) is 1.93. The van der Waals surface area contributed by atoms with Crippen LogP contribution in [0.2, 0.25) is 0 Å². The number of carboxylic acid groups (broad SMARTS) is 1. The molecule has 0 radical (unpaired) electrons. The Kier molecular flexibility index (Phi) is 3.66. The molecule has 0 saturated carbocycles. The highest BCUT2D eigenvalue weighted by Gasteiger charge is 2.27. The second-order valence-electron chi connectivity index (χ2n) is 4.60. The van der Waals surface area contributed by atoms with Crippen molar-refractivity contribution in [2.45, 2.75) is 6.42 Å². The van der Waals surface area contributed by atoms with Crippen molar-refractivity contribution in [3.05, 3.63) is 33.9 Å². The number of hydrogen-bond acceptors (Lipinski definition) is 5. The summed E-state index contributed by atoms with van der Waals surface area (Å²) in [6.07, 6.45) is 0.897. The highest BCUT2D eigenvalue weighted by atomic mass is 16.6. The lowest BCUT2D eigenvalue weighted by atomic mass is 10.1. The van der Waals surface area contributed by atoms with Crippen molar-refractivity contribution < 1.29 is 14.8 Å². The topological polar surface area (TPSA) is 110 Å². The van der Waals surface area contributed by atoms with E-state index in [1.54, 1.807) is 0 Å². The molecule has 0 bridgehead atoms. The molecule has 7 nitrogen and oxygen atoms in total. The molecule has 1 fully saturated rings. The first-order chi connectivity index (χ1) is 9.02. The van der Waals surface area contributed by atoms with E-state index in [2.05, 4.69) is 0 Å². The number of aromatic carboxylic acids is 1. The fourth-order valence-corrected chi connectivity index (χ4v) is 2.31. The standard InChI is InChI=1S/C12H15N3O4/c13-6-8-3-4-14(7-8)10-2-1-9(12(16)17)5-11(10)15(18)19/h1-2,5,8H,3-4,6-7,13H2,(H,16,17). The number of benzene rings is 1. The molecule has 1 saturated heterocycles. The molecule has 1 aromatic carbocycles. The minimum atomic E-state index is -1.17. The number of anilines is 1. The van der Waals surface area contributed by atoms with E-state index in [1.165, 1.54) is 12.1 Å². The van der Waals surface area contributed by atoms with Crippen LogP contribution in [-0.2, 0) is 0 Å². The van der Waals surface area contributed by atoms with Gasteiger partial charge in [0.05, 0.1) is 10.5 Å². The smallest absolute Gasteiger partial charge is 0.335 e. The van der Waals surface area contributed by atoms with Crippen LogP contribution < -0.4 is 10.6 Å². The summed E-state index contributed by atoms with van der Waals surface area (Å²) in [4.78, 5) is 23.3. The van der Waals surface area contributed by atoms with Crippen LogP contribution in [0.3, 0.4) is 0 Å². The molecule has 0 aliphatic carbocycles. The average molecular weight is 265 g/mol. The number of carboxylic acids is 1. The molecule has 1 unspecified atom stereocenters. The summed E-state index contributed by atoms with van der Waals surface area (Å²) >= 11 is 0. The van der Waals surface area contributed by atoms with Gasteiger partial charge in [-0.15, -0.1) is 0 Å². The van der Waals surface area contributed by atoms with Gasteiger partial charge in [0, 0.05) is 19.2 Å². The Hall–Kier alpha value is -2.15. The number of nitro groups is 1. The summed E-state index contributed by atoms with van der Waals surface area (Å²) in [5.74, 6) is -0.838. The van der Waals surface area contributed by atoms with E-state index in [1.807, 2.05) is 4.90 Å². The third-order valence-electron chi connectivity index (χ3n) is 3.38. The van der Waals surface area contributed by atoms with E-state index in [0.29, 0.717) is 31.2 Å². The van der Waals surface area contributed by atoms with E-state index >= 15 is 0 Å². The summed E-state index contributed by atoms with van der Waals surface area (Å²) in [5, 5.41) is 19.9.